The first-order valence-corrected chi connectivity index (χ1v) is 22.6. The molecule has 0 rings (SSSR count). The highest BCUT2D eigenvalue weighted by atomic mass is 31.2. The van der Waals surface area contributed by atoms with Crippen molar-refractivity contribution in [3.63, 3.8) is 0 Å². The van der Waals surface area contributed by atoms with Crippen LogP contribution < -0.4 is 11.1 Å². The van der Waals surface area contributed by atoms with E-state index in [4.69, 9.17) is 24.3 Å². The minimum Gasteiger partial charge on any atom is -0.462 e. The zero-order chi connectivity index (χ0) is 38.5. The average Bonchev–Trinajstić information content (AvgIpc) is 3.11. The van der Waals surface area contributed by atoms with Crippen molar-refractivity contribution in [2.45, 2.75) is 213 Å². The number of hydrogen-bond acceptors (Lipinski definition) is 9. The Morgan fingerprint density at radius 1 is 0.596 bits per heavy atom. The summed E-state index contributed by atoms with van der Waals surface area (Å²) in [5.74, 6) is -1.31. The Hall–Kier alpha value is -1.52. The molecule has 308 valence electrons. The molecule has 0 bridgehead atoms. The number of carbonyl (C=O) groups is 3. The Balaban J connectivity index is 4.44. The Kier molecular flexibility index (Phi) is 35.4. The Bertz CT molecular complexity index is 906. The number of nitrogens with one attached hydrogen (secondary N) is 1. The van der Waals surface area contributed by atoms with E-state index in [1.54, 1.807) is 0 Å². The number of amides is 1. The van der Waals surface area contributed by atoms with E-state index in [-0.39, 0.29) is 32.6 Å². The van der Waals surface area contributed by atoms with E-state index in [1.165, 1.54) is 129 Å². The molecule has 0 aromatic rings. The van der Waals surface area contributed by atoms with Crippen molar-refractivity contribution in [1.29, 1.82) is 0 Å². The van der Waals surface area contributed by atoms with Crippen LogP contribution in [0, 0.1) is 0 Å². The minimum absolute atomic E-state index is 0.0391. The molecule has 0 radical (unpaired) electrons. The molecule has 12 heteroatoms. The van der Waals surface area contributed by atoms with Crippen molar-refractivity contribution in [1.82, 2.24) is 5.32 Å². The van der Waals surface area contributed by atoms with E-state index in [0.717, 1.165) is 38.5 Å². The highest BCUT2D eigenvalue weighted by Crippen LogP contribution is 2.43. The third kappa shape index (κ3) is 35.5. The fourth-order valence-corrected chi connectivity index (χ4v) is 6.66. The maximum atomic E-state index is 12.6. The van der Waals surface area contributed by atoms with Crippen LogP contribution in [0.1, 0.15) is 201 Å². The molecule has 11 nitrogen and oxygen atoms in total. The van der Waals surface area contributed by atoms with Crippen LogP contribution in [0.5, 0.6) is 0 Å². The van der Waals surface area contributed by atoms with Gasteiger partial charge in [-0.2, -0.15) is 0 Å². The number of nitrogens with two attached hydrogens (primary N) is 1. The summed E-state index contributed by atoms with van der Waals surface area (Å²) in [7, 11) is -4.53. The molecule has 0 heterocycles. The van der Waals surface area contributed by atoms with Crippen molar-refractivity contribution < 1.29 is 42.4 Å². The molecule has 52 heavy (non-hydrogen) atoms. The number of carbonyl (C=O) groups excluding carboxylic acids is 3. The van der Waals surface area contributed by atoms with E-state index in [9.17, 15) is 23.8 Å². The zero-order valence-corrected chi connectivity index (χ0v) is 34.4. The van der Waals surface area contributed by atoms with E-state index < -0.39 is 44.4 Å². The summed E-state index contributed by atoms with van der Waals surface area (Å²) < 4.78 is 33.3. The van der Waals surface area contributed by atoms with Crippen LogP contribution in [-0.4, -0.2) is 61.3 Å². The number of rotatable bonds is 39. The first-order chi connectivity index (χ1) is 25.1. The van der Waals surface area contributed by atoms with Crippen LogP contribution >= 0.6 is 7.82 Å². The van der Waals surface area contributed by atoms with Crippen molar-refractivity contribution in [2.75, 3.05) is 26.4 Å². The Morgan fingerprint density at radius 3 is 1.38 bits per heavy atom. The molecule has 1 unspecified atom stereocenters. The highest BCUT2D eigenvalue weighted by Gasteiger charge is 2.26. The van der Waals surface area contributed by atoms with Crippen LogP contribution in [0.3, 0.4) is 0 Å². The molecule has 0 aromatic heterocycles. The number of unbranched alkanes of at least 4 members (excludes halogenated alkanes) is 24. The van der Waals surface area contributed by atoms with Gasteiger partial charge in [-0.25, -0.2) is 4.57 Å². The fraction of sp³-hybridized carbons (Fsp3) is 0.925. The lowest BCUT2D eigenvalue weighted by Crippen LogP contribution is -2.39. The number of phosphoric acid groups is 1. The van der Waals surface area contributed by atoms with Crippen LogP contribution in [0.4, 0.5) is 0 Å². The maximum Gasteiger partial charge on any atom is 0.472 e. The van der Waals surface area contributed by atoms with Gasteiger partial charge in [-0.05, 0) is 19.8 Å². The lowest BCUT2D eigenvalue weighted by molar-refractivity contribution is -0.161. The van der Waals surface area contributed by atoms with Crippen LogP contribution in [0.2, 0.25) is 0 Å². The third-order valence-electron chi connectivity index (χ3n) is 9.19. The van der Waals surface area contributed by atoms with Gasteiger partial charge in [0.25, 0.3) is 0 Å². The summed E-state index contributed by atoms with van der Waals surface area (Å²) >= 11 is 0. The number of esters is 2. The van der Waals surface area contributed by atoms with Gasteiger partial charge in [-0.3, -0.25) is 23.4 Å². The van der Waals surface area contributed by atoms with Crippen LogP contribution in [0.25, 0.3) is 0 Å². The molecule has 0 fully saturated rings. The van der Waals surface area contributed by atoms with E-state index in [1.807, 2.05) is 0 Å². The Morgan fingerprint density at radius 2 is 0.981 bits per heavy atom. The summed E-state index contributed by atoms with van der Waals surface area (Å²) in [5.41, 5.74) is 5.48. The van der Waals surface area contributed by atoms with Gasteiger partial charge in [0.15, 0.2) is 6.10 Å². The summed E-state index contributed by atoms with van der Waals surface area (Å²) in [6, 6.07) is -0.723. The van der Waals surface area contributed by atoms with E-state index >= 15 is 0 Å². The van der Waals surface area contributed by atoms with Crippen molar-refractivity contribution >= 4 is 25.7 Å². The molecule has 4 N–H and O–H groups in total. The van der Waals surface area contributed by atoms with Gasteiger partial charge < -0.3 is 25.4 Å². The van der Waals surface area contributed by atoms with Gasteiger partial charge in [-0.15, -0.1) is 0 Å². The first-order valence-electron chi connectivity index (χ1n) is 21.1. The summed E-state index contributed by atoms with van der Waals surface area (Å²) in [6.45, 7) is 4.90. The second kappa shape index (κ2) is 36.5. The molecule has 1 amide bonds. The SMILES string of the molecule is CCCCCCCCCCCCCCCC(=O)OC[C@H](COP(=O)(O)OCCNC(=O)[C@H](C)N)OC(=O)CCCCCCCCCCCCCCC. The smallest absolute Gasteiger partial charge is 0.462 e. The van der Waals surface area contributed by atoms with Crippen molar-refractivity contribution in [2.24, 2.45) is 5.73 Å². The summed E-state index contributed by atoms with van der Waals surface area (Å²) in [6.07, 6.45) is 30.7. The molecule has 0 spiro atoms. The highest BCUT2D eigenvalue weighted by molar-refractivity contribution is 7.47. The van der Waals surface area contributed by atoms with Crippen molar-refractivity contribution in [3.8, 4) is 0 Å². The molecule has 0 saturated carbocycles. The Labute approximate surface area is 317 Å². The number of phosphoric ester groups is 1. The van der Waals surface area contributed by atoms with Gasteiger partial charge in [0.05, 0.1) is 19.3 Å². The molecule has 0 aromatic carbocycles. The maximum absolute atomic E-state index is 12.6. The van der Waals surface area contributed by atoms with Crippen LogP contribution in [0.15, 0.2) is 0 Å². The van der Waals surface area contributed by atoms with E-state index in [2.05, 4.69) is 19.2 Å². The topological polar surface area (TPSA) is 163 Å². The molecule has 0 aliphatic carbocycles. The largest absolute Gasteiger partial charge is 0.472 e. The lowest BCUT2D eigenvalue weighted by atomic mass is 10.0. The number of hydrogen-bond donors (Lipinski definition) is 3. The molecule has 0 aliphatic rings. The van der Waals surface area contributed by atoms with E-state index in [0.29, 0.717) is 6.42 Å². The monoisotopic (exact) mass is 763 g/mol. The predicted octanol–water partition coefficient (Wildman–Crippen LogP) is 10.0. The standard InChI is InChI=1S/C40H79N2O9P/c1-4-6-8-10-12-14-16-18-20-22-24-26-28-30-38(43)48-34-37(35-50-52(46,47)49-33-32-42-40(45)36(3)41)51-39(44)31-29-27-25-23-21-19-17-15-13-11-9-7-5-2/h36-37H,4-35,41H2,1-3H3,(H,42,45)(H,46,47)/t36-,37+/m0/s1. The van der Waals surface area contributed by atoms with Gasteiger partial charge >= 0.3 is 19.8 Å². The summed E-state index contributed by atoms with van der Waals surface area (Å²) in [5, 5.41) is 2.47. The minimum atomic E-state index is -4.53. The third-order valence-corrected chi connectivity index (χ3v) is 10.2. The molecule has 0 saturated heterocycles. The molecule has 3 atom stereocenters. The molecular weight excluding hydrogens is 683 g/mol. The quantitative estimate of drug-likeness (QED) is 0.0312. The second-order valence-electron chi connectivity index (χ2n) is 14.5. The first kappa shape index (κ1) is 50.5. The fourth-order valence-electron chi connectivity index (χ4n) is 5.90. The van der Waals surface area contributed by atoms with Gasteiger partial charge in [-0.1, -0.05) is 168 Å². The summed E-state index contributed by atoms with van der Waals surface area (Å²) in [4.78, 5) is 46.7. The normalized spacial score (nSPS) is 13.7. The second-order valence-corrected chi connectivity index (χ2v) is 15.9. The zero-order valence-electron chi connectivity index (χ0n) is 33.5. The number of ether oxygens (including phenoxy) is 2. The van der Waals surface area contributed by atoms with Gasteiger partial charge in [0.2, 0.25) is 5.91 Å². The molecular formula is C40H79N2O9P. The van der Waals surface area contributed by atoms with Crippen LogP contribution in [-0.2, 0) is 37.5 Å². The van der Waals surface area contributed by atoms with Gasteiger partial charge in [0, 0.05) is 19.4 Å². The van der Waals surface area contributed by atoms with Gasteiger partial charge in [0.1, 0.15) is 6.61 Å². The van der Waals surface area contributed by atoms with Crippen molar-refractivity contribution in [3.05, 3.63) is 0 Å². The molecule has 0 aliphatic heterocycles. The lowest BCUT2D eigenvalue weighted by Gasteiger charge is -2.20. The predicted molar refractivity (Wildman–Crippen MR) is 210 cm³/mol. The average molecular weight is 763 g/mol.